The van der Waals surface area contributed by atoms with Crippen molar-refractivity contribution in [1.29, 1.82) is 0 Å². The standard InChI is InChI=1S/C23H34O2S/c1-21-10-5-4-6-15(21)14-18(26-3)20-16(21)7-11-22(2)17(20)8-12-23(22)13-9-19(24)25-23/h6,16-18,20H,4-5,7-14H2,1-3H3/t16-,17-,18+,20+,21-,22-,23+/m0/s1. The van der Waals surface area contributed by atoms with E-state index in [-0.39, 0.29) is 17.0 Å². The summed E-state index contributed by atoms with van der Waals surface area (Å²) in [6.45, 7) is 5.08. The summed E-state index contributed by atoms with van der Waals surface area (Å²) in [5, 5.41) is 0.759. The average Bonchev–Trinajstić information content (AvgIpc) is 3.15. The molecule has 0 radical (unpaired) electrons. The molecule has 1 saturated heterocycles. The van der Waals surface area contributed by atoms with E-state index in [2.05, 4.69) is 37.9 Å². The molecule has 4 fully saturated rings. The average molecular weight is 375 g/mol. The summed E-state index contributed by atoms with van der Waals surface area (Å²) in [5.41, 5.74) is 2.30. The zero-order chi connectivity index (χ0) is 18.2. The fourth-order valence-electron chi connectivity index (χ4n) is 8.23. The first-order valence-electron chi connectivity index (χ1n) is 10.9. The van der Waals surface area contributed by atoms with Crippen molar-refractivity contribution in [2.24, 2.45) is 28.6 Å². The molecule has 26 heavy (non-hydrogen) atoms. The molecule has 7 atom stereocenters. The Morgan fingerprint density at radius 3 is 2.65 bits per heavy atom. The second-order valence-corrected chi connectivity index (χ2v) is 11.3. The minimum atomic E-state index is -0.133. The molecule has 3 saturated carbocycles. The SMILES string of the molecule is CS[C@@H]1CC2=CCCC[C@]2(C)[C@H]2CC[C@@]3(C)[C@@H](CC[C@@]34CCC(=O)O4)[C@H]12. The number of allylic oxidation sites excluding steroid dienone is 2. The fourth-order valence-corrected chi connectivity index (χ4v) is 9.27. The molecule has 0 amide bonds. The summed E-state index contributed by atoms with van der Waals surface area (Å²) >= 11 is 2.12. The molecule has 5 rings (SSSR count). The number of carbonyl (C=O) groups excluding carboxylic acids is 1. The number of esters is 1. The fraction of sp³-hybridized carbons (Fsp3) is 0.870. The molecule has 0 bridgehead atoms. The van der Waals surface area contributed by atoms with Crippen LogP contribution in [0.25, 0.3) is 0 Å². The van der Waals surface area contributed by atoms with Gasteiger partial charge in [-0.3, -0.25) is 4.79 Å². The van der Waals surface area contributed by atoms with Crippen molar-refractivity contribution in [3.8, 4) is 0 Å². The van der Waals surface area contributed by atoms with E-state index in [9.17, 15) is 4.79 Å². The van der Waals surface area contributed by atoms with Crippen LogP contribution in [0.2, 0.25) is 0 Å². The molecule has 4 aliphatic carbocycles. The van der Waals surface area contributed by atoms with Crippen molar-refractivity contribution < 1.29 is 9.53 Å². The van der Waals surface area contributed by atoms with Crippen LogP contribution in [0.1, 0.15) is 78.1 Å². The molecule has 0 aromatic carbocycles. The molecule has 1 aliphatic heterocycles. The van der Waals surface area contributed by atoms with Crippen molar-refractivity contribution in [1.82, 2.24) is 0 Å². The predicted molar refractivity (Wildman–Crippen MR) is 107 cm³/mol. The Bertz CT molecular complexity index is 657. The Morgan fingerprint density at radius 2 is 1.92 bits per heavy atom. The van der Waals surface area contributed by atoms with Crippen LogP contribution >= 0.6 is 11.8 Å². The zero-order valence-corrected chi connectivity index (χ0v) is 17.5. The van der Waals surface area contributed by atoms with Gasteiger partial charge in [0.15, 0.2) is 0 Å². The van der Waals surface area contributed by atoms with Gasteiger partial charge in [-0.2, -0.15) is 11.8 Å². The number of rotatable bonds is 1. The highest BCUT2D eigenvalue weighted by Gasteiger charge is 2.68. The molecule has 1 spiro atoms. The van der Waals surface area contributed by atoms with E-state index in [0.717, 1.165) is 35.8 Å². The predicted octanol–water partition coefficient (Wildman–Crippen LogP) is 5.76. The Morgan fingerprint density at radius 1 is 1.12 bits per heavy atom. The van der Waals surface area contributed by atoms with E-state index in [1.165, 1.54) is 44.9 Å². The first-order valence-corrected chi connectivity index (χ1v) is 12.2. The van der Waals surface area contributed by atoms with Crippen LogP contribution in [-0.4, -0.2) is 23.1 Å². The van der Waals surface area contributed by atoms with Gasteiger partial charge in [-0.05, 0) is 87.2 Å². The van der Waals surface area contributed by atoms with Crippen molar-refractivity contribution in [3.05, 3.63) is 11.6 Å². The van der Waals surface area contributed by atoms with Crippen LogP contribution in [0.4, 0.5) is 0 Å². The van der Waals surface area contributed by atoms with Gasteiger partial charge < -0.3 is 4.74 Å². The van der Waals surface area contributed by atoms with E-state index in [0.29, 0.717) is 11.8 Å². The highest BCUT2D eigenvalue weighted by Crippen LogP contribution is 2.70. The van der Waals surface area contributed by atoms with Gasteiger partial charge in [-0.15, -0.1) is 0 Å². The quantitative estimate of drug-likeness (QED) is 0.431. The van der Waals surface area contributed by atoms with Crippen molar-refractivity contribution >= 4 is 17.7 Å². The lowest BCUT2D eigenvalue weighted by molar-refractivity contribution is -0.167. The van der Waals surface area contributed by atoms with Crippen LogP contribution in [0.3, 0.4) is 0 Å². The third-order valence-corrected chi connectivity index (χ3v) is 10.7. The molecule has 2 nitrogen and oxygen atoms in total. The summed E-state index contributed by atoms with van der Waals surface area (Å²) in [5.74, 6) is 2.45. The van der Waals surface area contributed by atoms with Crippen LogP contribution in [0, 0.1) is 28.6 Å². The molecule has 0 aromatic heterocycles. The number of hydrogen-bond acceptors (Lipinski definition) is 3. The van der Waals surface area contributed by atoms with Gasteiger partial charge in [0.25, 0.3) is 0 Å². The summed E-state index contributed by atoms with van der Waals surface area (Å²) in [6, 6.07) is 0. The van der Waals surface area contributed by atoms with Gasteiger partial charge in [-0.25, -0.2) is 0 Å². The Labute approximate surface area is 162 Å². The monoisotopic (exact) mass is 374 g/mol. The Balaban J connectivity index is 1.54. The molecule has 0 aromatic rings. The maximum absolute atomic E-state index is 12.0. The first kappa shape index (κ1) is 17.6. The molecule has 0 unspecified atom stereocenters. The van der Waals surface area contributed by atoms with E-state index >= 15 is 0 Å². The largest absolute Gasteiger partial charge is 0.458 e. The number of ether oxygens (including phenoxy) is 1. The van der Waals surface area contributed by atoms with Gasteiger partial charge in [0, 0.05) is 17.1 Å². The van der Waals surface area contributed by atoms with Crippen LogP contribution < -0.4 is 0 Å². The second kappa shape index (κ2) is 5.78. The van der Waals surface area contributed by atoms with Crippen LogP contribution in [0.15, 0.2) is 11.6 Å². The lowest BCUT2D eigenvalue weighted by Gasteiger charge is -2.61. The molecular formula is C23H34O2S. The molecule has 144 valence electrons. The summed E-state index contributed by atoms with van der Waals surface area (Å²) in [7, 11) is 0. The normalized spacial score (nSPS) is 52.9. The molecular weight excluding hydrogens is 340 g/mol. The topological polar surface area (TPSA) is 26.3 Å². The van der Waals surface area contributed by atoms with Gasteiger partial charge in [-0.1, -0.05) is 25.5 Å². The van der Waals surface area contributed by atoms with E-state index in [4.69, 9.17) is 4.74 Å². The number of thioether (sulfide) groups is 1. The number of fused-ring (bicyclic) bond motifs is 6. The Kier molecular flexibility index (Phi) is 3.92. The van der Waals surface area contributed by atoms with Crippen LogP contribution in [0.5, 0.6) is 0 Å². The summed E-state index contributed by atoms with van der Waals surface area (Å²) in [6.07, 6.45) is 16.9. The van der Waals surface area contributed by atoms with Crippen molar-refractivity contribution in [2.75, 3.05) is 6.26 Å². The molecule has 5 aliphatic rings. The van der Waals surface area contributed by atoms with Gasteiger partial charge >= 0.3 is 5.97 Å². The van der Waals surface area contributed by atoms with E-state index in [1.807, 2.05) is 0 Å². The first-order chi connectivity index (χ1) is 12.4. The van der Waals surface area contributed by atoms with Gasteiger partial charge in [0.2, 0.25) is 0 Å². The van der Waals surface area contributed by atoms with Gasteiger partial charge in [0.1, 0.15) is 5.60 Å². The third-order valence-electron chi connectivity index (χ3n) is 9.66. The Hall–Kier alpha value is -0.440. The lowest BCUT2D eigenvalue weighted by Crippen LogP contribution is -2.57. The zero-order valence-electron chi connectivity index (χ0n) is 16.7. The van der Waals surface area contributed by atoms with E-state index in [1.54, 1.807) is 5.57 Å². The van der Waals surface area contributed by atoms with Gasteiger partial charge in [0.05, 0.1) is 0 Å². The highest BCUT2D eigenvalue weighted by atomic mass is 32.2. The van der Waals surface area contributed by atoms with Crippen molar-refractivity contribution in [2.45, 2.75) is 88.9 Å². The minimum absolute atomic E-state index is 0.0588. The third kappa shape index (κ3) is 2.10. The van der Waals surface area contributed by atoms with E-state index < -0.39 is 0 Å². The lowest BCUT2D eigenvalue weighted by atomic mass is 9.46. The molecule has 0 N–H and O–H groups in total. The summed E-state index contributed by atoms with van der Waals surface area (Å²) < 4.78 is 6.11. The molecule has 3 heteroatoms. The number of hydrogen-bond donors (Lipinski definition) is 0. The smallest absolute Gasteiger partial charge is 0.306 e. The van der Waals surface area contributed by atoms with Crippen LogP contribution in [-0.2, 0) is 9.53 Å². The number of carbonyl (C=O) groups is 1. The summed E-state index contributed by atoms with van der Waals surface area (Å²) in [4.78, 5) is 12.0. The maximum atomic E-state index is 12.0. The minimum Gasteiger partial charge on any atom is -0.458 e. The highest BCUT2D eigenvalue weighted by molar-refractivity contribution is 7.99. The second-order valence-electron chi connectivity index (χ2n) is 10.3. The maximum Gasteiger partial charge on any atom is 0.306 e. The van der Waals surface area contributed by atoms with Crippen molar-refractivity contribution in [3.63, 3.8) is 0 Å². The molecule has 1 heterocycles.